The Morgan fingerprint density at radius 3 is 2.34 bits per heavy atom. The second kappa shape index (κ2) is 8.17. The summed E-state index contributed by atoms with van der Waals surface area (Å²) in [5, 5.41) is 9.13. The van der Waals surface area contributed by atoms with Crippen molar-refractivity contribution in [2.24, 2.45) is 5.41 Å². The predicted molar refractivity (Wildman–Crippen MR) is 106 cm³/mol. The summed E-state index contributed by atoms with van der Waals surface area (Å²) in [6.07, 6.45) is -2.08. The number of nitriles is 1. The monoisotopic (exact) mass is 407 g/mol. The van der Waals surface area contributed by atoms with Crippen molar-refractivity contribution in [3.8, 4) is 6.07 Å². The molecule has 0 aliphatic heterocycles. The standard InChI is InChI=1S/C22H28F3N3O/c1-20(2,3)13-16(29)8-6-7-9-19-27-17-11-10-15(14-26)12-18(17)28(19)21(4,5)22(23,24)25/h10-12H,6-9,13H2,1-5H3. The molecule has 0 atom stereocenters. The Balaban J connectivity index is 2.28. The Morgan fingerprint density at radius 1 is 1.14 bits per heavy atom. The molecule has 1 aromatic carbocycles. The second-order valence-corrected chi connectivity index (χ2v) is 9.22. The minimum Gasteiger partial charge on any atom is -0.313 e. The van der Waals surface area contributed by atoms with Gasteiger partial charge in [-0.25, -0.2) is 4.98 Å². The van der Waals surface area contributed by atoms with Crippen LogP contribution >= 0.6 is 0 Å². The minimum absolute atomic E-state index is 0.0692. The van der Waals surface area contributed by atoms with Gasteiger partial charge < -0.3 is 4.57 Å². The average Bonchev–Trinajstić information content (AvgIpc) is 2.93. The zero-order chi connectivity index (χ0) is 22.0. The number of benzene rings is 1. The van der Waals surface area contributed by atoms with Crippen molar-refractivity contribution in [2.75, 3.05) is 0 Å². The number of Topliss-reactive ketones (excluding diaryl/α,β-unsaturated/α-hetero) is 1. The molecule has 0 aliphatic carbocycles. The Kier molecular flexibility index (Phi) is 6.46. The van der Waals surface area contributed by atoms with Crippen LogP contribution in [0.1, 0.15) is 71.7 Å². The van der Waals surface area contributed by atoms with Crippen LogP contribution in [0.15, 0.2) is 18.2 Å². The number of halogens is 3. The molecule has 0 unspecified atom stereocenters. The summed E-state index contributed by atoms with van der Waals surface area (Å²) >= 11 is 0. The first-order chi connectivity index (χ1) is 13.3. The van der Waals surface area contributed by atoms with Gasteiger partial charge >= 0.3 is 6.18 Å². The number of carbonyl (C=O) groups excluding carboxylic acids is 1. The van der Waals surface area contributed by atoms with E-state index in [9.17, 15) is 18.0 Å². The van der Waals surface area contributed by atoms with Crippen LogP contribution in [0.25, 0.3) is 11.0 Å². The van der Waals surface area contributed by atoms with Crippen LogP contribution in [0, 0.1) is 16.7 Å². The lowest BCUT2D eigenvalue weighted by atomic mass is 9.88. The summed E-state index contributed by atoms with van der Waals surface area (Å²) in [4.78, 5) is 16.5. The molecule has 29 heavy (non-hydrogen) atoms. The molecule has 0 saturated heterocycles. The van der Waals surface area contributed by atoms with Gasteiger partial charge in [-0.3, -0.25) is 4.79 Å². The predicted octanol–water partition coefficient (Wildman–Crippen LogP) is 5.92. The number of fused-ring (bicyclic) bond motifs is 1. The number of hydrogen-bond donors (Lipinski definition) is 0. The van der Waals surface area contributed by atoms with E-state index in [0.29, 0.717) is 49.0 Å². The Bertz CT molecular complexity index is 928. The molecule has 2 aromatic rings. The van der Waals surface area contributed by atoms with Gasteiger partial charge in [-0.15, -0.1) is 0 Å². The molecule has 2 rings (SSSR count). The fraction of sp³-hybridized carbons (Fsp3) is 0.591. The highest BCUT2D eigenvalue weighted by atomic mass is 19.4. The molecule has 7 heteroatoms. The van der Waals surface area contributed by atoms with Gasteiger partial charge in [0.2, 0.25) is 0 Å². The van der Waals surface area contributed by atoms with E-state index >= 15 is 0 Å². The van der Waals surface area contributed by atoms with Crippen LogP contribution in [-0.4, -0.2) is 21.5 Å². The van der Waals surface area contributed by atoms with Crippen molar-refractivity contribution < 1.29 is 18.0 Å². The summed E-state index contributed by atoms with van der Waals surface area (Å²) in [6, 6.07) is 6.55. The number of carbonyl (C=O) groups is 1. The summed E-state index contributed by atoms with van der Waals surface area (Å²) < 4.78 is 42.5. The molecule has 0 N–H and O–H groups in total. The Hall–Kier alpha value is -2.36. The Morgan fingerprint density at radius 2 is 1.79 bits per heavy atom. The number of aryl methyl sites for hydroxylation is 1. The Labute approximate surface area is 169 Å². The topological polar surface area (TPSA) is 58.7 Å². The molecule has 0 aliphatic rings. The van der Waals surface area contributed by atoms with E-state index in [0.717, 1.165) is 13.8 Å². The molecular weight excluding hydrogens is 379 g/mol. The highest BCUT2D eigenvalue weighted by Crippen LogP contribution is 2.39. The van der Waals surface area contributed by atoms with Crippen LogP contribution in [0.4, 0.5) is 13.2 Å². The normalized spacial score (nSPS) is 12.9. The molecule has 1 heterocycles. The van der Waals surface area contributed by atoms with Gasteiger partial charge in [-0.05, 0) is 50.3 Å². The third kappa shape index (κ3) is 5.37. The van der Waals surface area contributed by atoms with E-state index in [1.807, 2.05) is 26.8 Å². The maximum Gasteiger partial charge on any atom is 0.411 e. The lowest BCUT2D eigenvalue weighted by Crippen LogP contribution is -2.43. The van der Waals surface area contributed by atoms with E-state index in [1.165, 1.54) is 10.6 Å². The molecule has 0 bridgehead atoms. The molecule has 0 amide bonds. The first-order valence-electron chi connectivity index (χ1n) is 9.76. The molecule has 0 radical (unpaired) electrons. The maximum atomic E-state index is 13.8. The smallest absolute Gasteiger partial charge is 0.313 e. The zero-order valence-corrected chi connectivity index (χ0v) is 17.7. The van der Waals surface area contributed by atoms with Gasteiger partial charge in [0.15, 0.2) is 0 Å². The summed E-state index contributed by atoms with van der Waals surface area (Å²) in [5.41, 5.74) is -1.23. The zero-order valence-electron chi connectivity index (χ0n) is 17.7. The average molecular weight is 407 g/mol. The summed E-state index contributed by atoms with van der Waals surface area (Å²) in [6.45, 7) is 8.24. The molecular formula is C22H28F3N3O. The number of aromatic nitrogens is 2. The fourth-order valence-electron chi connectivity index (χ4n) is 3.40. The molecule has 0 spiro atoms. The van der Waals surface area contributed by atoms with Crippen molar-refractivity contribution in [3.63, 3.8) is 0 Å². The number of unbranched alkanes of at least 4 members (excludes halogenated alkanes) is 1. The summed E-state index contributed by atoms with van der Waals surface area (Å²) in [5.74, 6) is 0.487. The number of ketones is 1. The molecule has 4 nitrogen and oxygen atoms in total. The van der Waals surface area contributed by atoms with Crippen LogP contribution in [0.2, 0.25) is 0 Å². The van der Waals surface area contributed by atoms with Crippen molar-refractivity contribution >= 4 is 16.8 Å². The lowest BCUT2D eigenvalue weighted by Gasteiger charge is -2.31. The largest absolute Gasteiger partial charge is 0.411 e. The highest BCUT2D eigenvalue weighted by molar-refractivity contribution is 5.79. The first kappa shape index (κ1) is 22.9. The van der Waals surface area contributed by atoms with Crippen molar-refractivity contribution in [1.82, 2.24) is 9.55 Å². The van der Waals surface area contributed by atoms with Gasteiger partial charge in [0, 0.05) is 19.3 Å². The van der Waals surface area contributed by atoms with Crippen LogP contribution < -0.4 is 0 Å². The molecule has 0 saturated carbocycles. The van der Waals surface area contributed by atoms with Gasteiger partial charge in [-0.2, -0.15) is 18.4 Å². The third-order valence-electron chi connectivity index (χ3n) is 4.94. The van der Waals surface area contributed by atoms with Gasteiger partial charge in [-0.1, -0.05) is 20.8 Å². The summed E-state index contributed by atoms with van der Waals surface area (Å²) in [7, 11) is 0. The minimum atomic E-state index is -4.49. The molecule has 1 aromatic heterocycles. The maximum absolute atomic E-state index is 13.8. The van der Waals surface area contributed by atoms with Crippen molar-refractivity contribution in [2.45, 2.75) is 78.4 Å². The van der Waals surface area contributed by atoms with Crippen LogP contribution in [-0.2, 0) is 16.8 Å². The SMILES string of the molecule is CC(C)(C)CC(=O)CCCCc1nc2ccc(C#N)cc2n1C(C)(C)C(F)(F)F. The van der Waals surface area contributed by atoms with Gasteiger partial charge in [0.25, 0.3) is 0 Å². The number of alkyl halides is 3. The van der Waals surface area contributed by atoms with Crippen molar-refractivity contribution in [3.05, 3.63) is 29.6 Å². The number of hydrogen-bond acceptors (Lipinski definition) is 3. The number of imidazole rings is 1. The first-order valence-corrected chi connectivity index (χ1v) is 9.76. The second-order valence-electron chi connectivity index (χ2n) is 9.22. The number of nitrogens with zero attached hydrogens (tertiary/aromatic N) is 3. The van der Waals surface area contributed by atoms with E-state index in [4.69, 9.17) is 5.26 Å². The fourth-order valence-corrected chi connectivity index (χ4v) is 3.40. The quantitative estimate of drug-likeness (QED) is 0.535. The van der Waals surface area contributed by atoms with Crippen LogP contribution in [0.5, 0.6) is 0 Å². The van der Waals surface area contributed by atoms with Crippen molar-refractivity contribution in [1.29, 1.82) is 5.26 Å². The molecule has 158 valence electrons. The van der Waals surface area contributed by atoms with Crippen LogP contribution in [0.3, 0.4) is 0 Å². The van der Waals surface area contributed by atoms with E-state index in [2.05, 4.69) is 4.98 Å². The number of rotatable bonds is 7. The highest BCUT2D eigenvalue weighted by Gasteiger charge is 2.50. The molecule has 0 fully saturated rings. The lowest BCUT2D eigenvalue weighted by molar-refractivity contribution is -0.202. The van der Waals surface area contributed by atoms with E-state index in [-0.39, 0.29) is 16.8 Å². The van der Waals surface area contributed by atoms with E-state index < -0.39 is 11.7 Å². The third-order valence-corrected chi connectivity index (χ3v) is 4.94. The van der Waals surface area contributed by atoms with Gasteiger partial charge in [0.1, 0.15) is 17.1 Å². The van der Waals surface area contributed by atoms with E-state index in [1.54, 1.807) is 12.1 Å². The van der Waals surface area contributed by atoms with Gasteiger partial charge in [0.05, 0.1) is 22.7 Å².